The third-order valence-corrected chi connectivity index (χ3v) is 3.33. The lowest BCUT2D eigenvalue weighted by Crippen LogP contribution is -2.34. The van der Waals surface area contributed by atoms with Gasteiger partial charge in [0, 0.05) is 0 Å². The summed E-state index contributed by atoms with van der Waals surface area (Å²) >= 11 is 0. The van der Waals surface area contributed by atoms with Gasteiger partial charge < -0.3 is 5.11 Å². The second-order valence-electron chi connectivity index (χ2n) is 3.99. The summed E-state index contributed by atoms with van der Waals surface area (Å²) in [5, 5.41) is 17.8. The van der Waals surface area contributed by atoms with Crippen molar-refractivity contribution in [2.45, 2.75) is 19.3 Å². The predicted molar refractivity (Wildman–Crippen MR) is 45.7 cm³/mol. The minimum Gasteiger partial charge on any atom is -0.481 e. The third kappa shape index (κ3) is 0.983. The minimum absolute atomic E-state index is 0.0923. The molecule has 13 heavy (non-hydrogen) atoms. The molecule has 3 heteroatoms. The molecule has 0 heterocycles. The molecule has 68 valence electrons. The Bertz CT molecular complexity index is 315. The van der Waals surface area contributed by atoms with Gasteiger partial charge in [-0.2, -0.15) is 5.26 Å². The van der Waals surface area contributed by atoms with Crippen LogP contribution in [0, 0.1) is 28.6 Å². The highest BCUT2D eigenvalue weighted by atomic mass is 16.4. The fraction of sp³-hybridized carbons (Fsp3) is 0.600. The Hall–Kier alpha value is -1.30. The van der Waals surface area contributed by atoms with Crippen LogP contribution in [0.15, 0.2) is 12.2 Å². The summed E-state index contributed by atoms with van der Waals surface area (Å²) in [6, 6.07) is 2.00. The van der Waals surface area contributed by atoms with Crippen molar-refractivity contribution in [3.05, 3.63) is 12.2 Å². The van der Waals surface area contributed by atoms with E-state index in [1.807, 2.05) is 12.1 Å². The molecule has 0 aromatic rings. The van der Waals surface area contributed by atoms with Gasteiger partial charge in [0.15, 0.2) is 0 Å². The van der Waals surface area contributed by atoms with Crippen molar-refractivity contribution in [3.8, 4) is 6.07 Å². The van der Waals surface area contributed by atoms with Crippen LogP contribution in [0.4, 0.5) is 0 Å². The Morgan fingerprint density at radius 3 is 2.85 bits per heavy atom. The van der Waals surface area contributed by atoms with Crippen molar-refractivity contribution in [3.63, 3.8) is 0 Å². The van der Waals surface area contributed by atoms with Gasteiger partial charge in [0.2, 0.25) is 0 Å². The van der Waals surface area contributed by atoms with Crippen molar-refractivity contribution >= 4 is 5.97 Å². The molecule has 2 aliphatic rings. The molecule has 0 aromatic carbocycles. The van der Waals surface area contributed by atoms with E-state index in [0.717, 1.165) is 6.42 Å². The van der Waals surface area contributed by atoms with E-state index in [9.17, 15) is 4.79 Å². The first-order valence-corrected chi connectivity index (χ1v) is 4.48. The van der Waals surface area contributed by atoms with Crippen molar-refractivity contribution in [1.29, 1.82) is 5.26 Å². The van der Waals surface area contributed by atoms with Gasteiger partial charge >= 0.3 is 5.97 Å². The van der Waals surface area contributed by atoms with Crippen LogP contribution in [0.1, 0.15) is 19.3 Å². The molecule has 2 rings (SSSR count). The zero-order chi connectivity index (χ0) is 9.47. The summed E-state index contributed by atoms with van der Waals surface area (Å²) in [5.74, 6) is -0.310. The molecule has 0 aliphatic heterocycles. The molecular formula is C10H11NO2. The second-order valence-corrected chi connectivity index (χ2v) is 3.99. The molecule has 3 nitrogen and oxygen atoms in total. The molecule has 0 radical (unpaired) electrons. The van der Waals surface area contributed by atoms with Crippen LogP contribution < -0.4 is 0 Å². The smallest absolute Gasteiger partial charge is 0.311 e. The van der Waals surface area contributed by atoms with E-state index in [1.165, 1.54) is 0 Å². The van der Waals surface area contributed by atoms with E-state index in [4.69, 9.17) is 10.4 Å². The Morgan fingerprint density at radius 1 is 1.69 bits per heavy atom. The predicted octanol–water partition coefficient (Wildman–Crippen LogP) is 1.57. The third-order valence-electron chi connectivity index (χ3n) is 3.33. The van der Waals surface area contributed by atoms with E-state index in [-0.39, 0.29) is 12.3 Å². The fourth-order valence-electron chi connectivity index (χ4n) is 2.62. The van der Waals surface area contributed by atoms with Crippen molar-refractivity contribution in [1.82, 2.24) is 0 Å². The fourth-order valence-corrected chi connectivity index (χ4v) is 2.62. The van der Waals surface area contributed by atoms with E-state index in [1.54, 1.807) is 0 Å². The first kappa shape index (κ1) is 8.31. The maximum absolute atomic E-state index is 11.1. The highest BCUT2D eigenvalue weighted by Gasteiger charge is 2.53. The maximum atomic E-state index is 11.1. The van der Waals surface area contributed by atoms with Crippen LogP contribution >= 0.6 is 0 Å². The van der Waals surface area contributed by atoms with Crippen LogP contribution in [0.2, 0.25) is 0 Å². The number of fused-ring (bicyclic) bond motifs is 2. The van der Waals surface area contributed by atoms with Crippen LogP contribution in [0.25, 0.3) is 0 Å². The monoisotopic (exact) mass is 177 g/mol. The normalized spacial score (nSPS) is 40.5. The summed E-state index contributed by atoms with van der Waals surface area (Å²) in [6.45, 7) is 0. The Kier molecular flexibility index (Phi) is 1.66. The molecule has 2 bridgehead atoms. The molecular weight excluding hydrogens is 166 g/mol. The van der Waals surface area contributed by atoms with E-state index in [0.29, 0.717) is 12.3 Å². The number of nitrogens with zero attached hydrogens (tertiary/aromatic N) is 1. The van der Waals surface area contributed by atoms with E-state index < -0.39 is 11.4 Å². The van der Waals surface area contributed by atoms with Crippen molar-refractivity contribution < 1.29 is 9.90 Å². The van der Waals surface area contributed by atoms with Gasteiger partial charge in [-0.05, 0) is 24.7 Å². The molecule has 1 saturated carbocycles. The summed E-state index contributed by atoms with van der Waals surface area (Å²) in [7, 11) is 0. The van der Waals surface area contributed by atoms with Gasteiger partial charge in [-0.3, -0.25) is 4.79 Å². The molecule has 0 spiro atoms. The van der Waals surface area contributed by atoms with Crippen LogP contribution in [0.3, 0.4) is 0 Å². The highest BCUT2D eigenvalue weighted by Crippen LogP contribution is 2.53. The van der Waals surface area contributed by atoms with Crippen molar-refractivity contribution in [2.24, 2.45) is 17.3 Å². The number of rotatable bonds is 2. The Balaban J connectivity index is 2.32. The lowest BCUT2D eigenvalue weighted by molar-refractivity contribution is -0.150. The van der Waals surface area contributed by atoms with Crippen molar-refractivity contribution in [2.75, 3.05) is 0 Å². The lowest BCUT2D eigenvalue weighted by atomic mass is 9.73. The topological polar surface area (TPSA) is 61.1 Å². The SMILES string of the molecule is N#CCC1(C(=O)O)CC2C=CC1C2. The molecule has 3 unspecified atom stereocenters. The van der Waals surface area contributed by atoms with Crippen LogP contribution in [-0.2, 0) is 4.79 Å². The van der Waals surface area contributed by atoms with Crippen LogP contribution in [-0.4, -0.2) is 11.1 Å². The summed E-state index contributed by atoms with van der Waals surface area (Å²) in [4.78, 5) is 11.1. The number of aliphatic carboxylic acids is 1. The van der Waals surface area contributed by atoms with Gasteiger partial charge in [-0.15, -0.1) is 0 Å². The quantitative estimate of drug-likeness (QED) is 0.651. The number of carboxylic acid groups (broad SMARTS) is 1. The Morgan fingerprint density at radius 2 is 2.46 bits per heavy atom. The zero-order valence-corrected chi connectivity index (χ0v) is 7.23. The molecule has 0 aromatic heterocycles. The number of allylic oxidation sites excluding steroid dienone is 2. The maximum Gasteiger partial charge on any atom is 0.311 e. The molecule has 2 aliphatic carbocycles. The summed E-state index contributed by atoms with van der Waals surface area (Å²) in [5.41, 5.74) is -0.770. The minimum atomic E-state index is -0.800. The average molecular weight is 177 g/mol. The molecule has 1 fully saturated rings. The summed E-state index contributed by atoms with van der Waals surface area (Å²) in [6.07, 6.45) is 5.78. The van der Waals surface area contributed by atoms with Gasteiger partial charge in [0.25, 0.3) is 0 Å². The number of hydrogen-bond acceptors (Lipinski definition) is 2. The van der Waals surface area contributed by atoms with E-state index >= 15 is 0 Å². The highest BCUT2D eigenvalue weighted by molar-refractivity contribution is 5.77. The summed E-state index contributed by atoms with van der Waals surface area (Å²) < 4.78 is 0. The molecule has 0 amide bonds. The van der Waals surface area contributed by atoms with Gasteiger partial charge in [-0.1, -0.05) is 12.2 Å². The second kappa shape index (κ2) is 2.59. The molecule has 1 N–H and O–H groups in total. The first-order chi connectivity index (χ1) is 6.19. The Labute approximate surface area is 76.7 Å². The van der Waals surface area contributed by atoms with E-state index in [2.05, 4.69) is 6.08 Å². The van der Waals surface area contributed by atoms with Gasteiger partial charge in [0.05, 0.1) is 17.9 Å². The zero-order valence-electron chi connectivity index (χ0n) is 7.23. The van der Waals surface area contributed by atoms with Crippen LogP contribution in [0.5, 0.6) is 0 Å². The average Bonchev–Trinajstić information content (AvgIpc) is 2.64. The van der Waals surface area contributed by atoms with Gasteiger partial charge in [-0.25, -0.2) is 0 Å². The largest absolute Gasteiger partial charge is 0.481 e. The molecule has 0 saturated heterocycles. The number of nitriles is 1. The number of carbonyl (C=O) groups is 1. The standard InChI is InChI=1S/C10H11NO2/c11-4-3-10(9(12)13)6-7-1-2-8(10)5-7/h1-2,7-8H,3,5-6H2,(H,12,13). The number of hydrogen-bond donors (Lipinski definition) is 1. The lowest BCUT2D eigenvalue weighted by Gasteiger charge is -2.28. The van der Waals surface area contributed by atoms with Gasteiger partial charge in [0.1, 0.15) is 0 Å². The number of carboxylic acids is 1. The first-order valence-electron chi connectivity index (χ1n) is 4.48. The molecule has 3 atom stereocenters.